The molecule has 0 bridgehead atoms. The summed E-state index contributed by atoms with van der Waals surface area (Å²) < 4.78 is 0. The molecule has 0 aliphatic rings. The lowest BCUT2D eigenvalue weighted by Crippen LogP contribution is -2.12. The van der Waals surface area contributed by atoms with Crippen molar-refractivity contribution >= 4 is 22.5 Å². The third kappa shape index (κ3) is 1.99. The van der Waals surface area contributed by atoms with Crippen molar-refractivity contribution in [3.05, 3.63) is 30.5 Å². The van der Waals surface area contributed by atoms with Crippen LogP contribution in [-0.4, -0.2) is 22.6 Å². The lowest BCUT2D eigenvalue weighted by atomic mass is 10.2. The van der Waals surface area contributed by atoms with Gasteiger partial charge in [-0.1, -0.05) is 18.2 Å². The van der Waals surface area contributed by atoms with E-state index in [2.05, 4.69) is 10.3 Å². The minimum absolute atomic E-state index is 0.125. The Kier molecular flexibility index (Phi) is 2.69. The van der Waals surface area contributed by atoms with Crippen molar-refractivity contribution in [1.29, 1.82) is 0 Å². The molecule has 4 nitrogen and oxygen atoms in total. The van der Waals surface area contributed by atoms with E-state index in [1.54, 1.807) is 6.20 Å². The quantitative estimate of drug-likeness (QED) is 0.709. The van der Waals surface area contributed by atoms with E-state index in [1.807, 2.05) is 24.3 Å². The fourth-order valence-corrected chi connectivity index (χ4v) is 1.49. The molecule has 1 heterocycles. The van der Waals surface area contributed by atoms with Gasteiger partial charge >= 0.3 is 0 Å². The average molecular weight is 204 g/mol. The summed E-state index contributed by atoms with van der Waals surface area (Å²) in [5, 5.41) is 12.3. The number of amides is 1. The fourth-order valence-electron chi connectivity index (χ4n) is 1.49. The van der Waals surface area contributed by atoms with E-state index >= 15 is 0 Å². The van der Waals surface area contributed by atoms with Crippen LogP contribution in [0.2, 0.25) is 0 Å². The number of hydrogen-bond donors (Lipinski definition) is 3. The second-order valence-corrected chi connectivity index (χ2v) is 3.27. The van der Waals surface area contributed by atoms with Crippen molar-refractivity contribution in [3.8, 4) is 0 Å². The molecule has 3 N–H and O–H groups in total. The van der Waals surface area contributed by atoms with Gasteiger partial charge in [0.1, 0.15) is 0 Å². The Balaban J connectivity index is 2.25. The number of aromatic nitrogens is 1. The summed E-state index contributed by atoms with van der Waals surface area (Å²) in [6.45, 7) is -0.131. The molecule has 78 valence electrons. The highest BCUT2D eigenvalue weighted by molar-refractivity contribution is 6.01. The number of aliphatic hydroxyl groups is 1. The van der Waals surface area contributed by atoms with Crippen LogP contribution < -0.4 is 5.32 Å². The maximum atomic E-state index is 11.3. The second-order valence-electron chi connectivity index (χ2n) is 3.27. The fraction of sp³-hybridized carbons (Fsp3) is 0.182. The van der Waals surface area contributed by atoms with Crippen molar-refractivity contribution in [2.45, 2.75) is 6.42 Å². The summed E-state index contributed by atoms with van der Waals surface area (Å²) in [6, 6.07) is 7.72. The van der Waals surface area contributed by atoms with Crippen LogP contribution in [-0.2, 0) is 4.79 Å². The zero-order valence-electron chi connectivity index (χ0n) is 8.16. The van der Waals surface area contributed by atoms with E-state index in [0.29, 0.717) is 0 Å². The van der Waals surface area contributed by atoms with E-state index in [-0.39, 0.29) is 18.9 Å². The largest absolute Gasteiger partial charge is 0.396 e. The van der Waals surface area contributed by atoms with Gasteiger partial charge in [-0.3, -0.25) is 4.79 Å². The van der Waals surface area contributed by atoms with E-state index in [1.165, 1.54) is 0 Å². The van der Waals surface area contributed by atoms with E-state index < -0.39 is 0 Å². The molecule has 4 heteroatoms. The predicted molar refractivity (Wildman–Crippen MR) is 58.6 cm³/mol. The number of carbonyl (C=O) groups is 1. The van der Waals surface area contributed by atoms with Crippen LogP contribution in [0, 0.1) is 0 Å². The molecular formula is C11H12N2O2. The number of rotatable bonds is 3. The highest BCUT2D eigenvalue weighted by atomic mass is 16.3. The highest BCUT2D eigenvalue weighted by Crippen LogP contribution is 2.22. The smallest absolute Gasteiger partial charge is 0.226 e. The summed E-state index contributed by atoms with van der Waals surface area (Å²) in [5.74, 6) is -0.178. The molecule has 0 saturated carbocycles. The first-order valence-electron chi connectivity index (χ1n) is 4.78. The molecule has 0 atom stereocenters. The van der Waals surface area contributed by atoms with Gasteiger partial charge in [0.25, 0.3) is 0 Å². The Hall–Kier alpha value is -1.81. The van der Waals surface area contributed by atoms with Crippen molar-refractivity contribution in [1.82, 2.24) is 4.98 Å². The van der Waals surface area contributed by atoms with Crippen molar-refractivity contribution in [3.63, 3.8) is 0 Å². The number of benzene rings is 1. The molecule has 0 fully saturated rings. The number of aliphatic hydroxyl groups excluding tert-OH is 1. The van der Waals surface area contributed by atoms with Crippen LogP contribution in [0.25, 0.3) is 10.9 Å². The molecule has 15 heavy (non-hydrogen) atoms. The monoisotopic (exact) mass is 204 g/mol. The van der Waals surface area contributed by atoms with Crippen molar-refractivity contribution in [2.24, 2.45) is 0 Å². The maximum Gasteiger partial charge on any atom is 0.226 e. The lowest BCUT2D eigenvalue weighted by molar-refractivity contribution is -0.116. The third-order valence-corrected chi connectivity index (χ3v) is 2.20. The number of carbonyl (C=O) groups excluding carboxylic acids is 1. The molecule has 0 unspecified atom stereocenters. The van der Waals surface area contributed by atoms with Gasteiger partial charge < -0.3 is 15.4 Å². The lowest BCUT2D eigenvalue weighted by Gasteiger charge is -2.01. The number of hydrogen-bond acceptors (Lipinski definition) is 2. The molecule has 1 amide bonds. The van der Waals surface area contributed by atoms with Gasteiger partial charge in [0.2, 0.25) is 5.91 Å². The maximum absolute atomic E-state index is 11.3. The van der Waals surface area contributed by atoms with Gasteiger partial charge in [-0.05, 0) is 6.07 Å². The van der Waals surface area contributed by atoms with Crippen LogP contribution in [0.4, 0.5) is 5.69 Å². The molecular weight excluding hydrogens is 192 g/mol. The summed E-state index contributed by atoms with van der Waals surface area (Å²) in [6.07, 6.45) is 1.87. The number of nitrogens with one attached hydrogen (secondary N) is 2. The Morgan fingerprint density at radius 1 is 1.40 bits per heavy atom. The first kappa shape index (κ1) is 9.73. The standard InChI is InChI=1S/C11H12N2O2/c14-6-5-11(15)13-10-7-12-9-4-2-1-3-8(9)10/h1-4,7,12,14H,5-6H2,(H,13,15). The Morgan fingerprint density at radius 3 is 3.00 bits per heavy atom. The van der Waals surface area contributed by atoms with E-state index in [0.717, 1.165) is 16.6 Å². The van der Waals surface area contributed by atoms with Gasteiger partial charge in [-0.15, -0.1) is 0 Å². The summed E-state index contributed by atoms with van der Waals surface area (Å²) in [4.78, 5) is 14.3. The molecule has 0 radical (unpaired) electrons. The van der Waals surface area contributed by atoms with Crippen LogP contribution >= 0.6 is 0 Å². The third-order valence-electron chi connectivity index (χ3n) is 2.20. The number of fused-ring (bicyclic) bond motifs is 1. The Bertz CT molecular complexity index is 476. The number of H-pyrrole nitrogens is 1. The second kappa shape index (κ2) is 4.14. The molecule has 1 aromatic carbocycles. The zero-order valence-corrected chi connectivity index (χ0v) is 8.16. The normalized spacial score (nSPS) is 10.5. The van der Waals surface area contributed by atoms with E-state index in [9.17, 15) is 4.79 Å². The van der Waals surface area contributed by atoms with Gasteiger partial charge in [0.15, 0.2) is 0 Å². The summed E-state index contributed by atoms with van der Waals surface area (Å²) >= 11 is 0. The Labute approximate surface area is 86.9 Å². The summed E-state index contributed by atoms with van der Waals surface area (Å²) in [7, 11) is 0. The minimum atomic E-state index is -0.178. The number of anilines is 1. The average Bonchev–Trinajstić information content (AvgIpc) is 2.62. The van der Waals surface area contributed by atoms with Crippen molar-refractivity contribution < 1.29 is 9.90 Å². The van der Waals surface area contributed by atoms with Gasteiger partial charge in [0, 0.05) is 17.1 Å². The zero-order chi connectivity index (χ0) is 10.7. The first-order chi connectivity index (χ1) is 7.31. The molecule has 0 aliphatic heterocycles. The molecule has 0 saturated heterocycles. The van der Waals surface area contributed by atoms with Crippen LogP contribution in [0.1, 0.15) is 6.42 Å². The van der Waals surface area contributed by atoms with E-state index in [4.69, 9.17) is 5.11 Å². The van der Waals surface area contributed by atoms with Crippen LogP contribution in [0.5, 0.6) is 0 Å². The highest BCUT2D eigenvalue weighted by Gasteiger charge is 2.05. The van der Waals surface area contributed by atoms with Crippen molar-refractivity contribution in [2.75, 3.05) is 11.9 Å². The molecule has 0 aliphatic carbocycles. The number of aromatic amines is 1. The minimum Gasteiger partial charge on any atom is -0.396 e. The van der Waals surface area contributed by atoms with Crippen LogP contribution in [0.15, 0.2) is 30.5 Å². The summed E-state index contributed by atoms with van der Waals surface area (Å²) in [5.41, 5.74) is 1.74. The van der Waals surface area contributed by atoms with Gasteiger partial charge in [0.05, 0.1) is 18.7 Å². The van der Waals surface area contributed by atoms with Gasteiger partial charge in [-0.2, -0.15) is 0 Å². The molecule has 1 aromatic heterocycles. The first-order valence-corrected chi connectivity index (χ1v) is 4.78. The van der Waals surface area contributed by atoms with Crippen LogP contribution in [0.3, 0.4) is 0 Å². The Morgan fingerprint density at radius 2 is 2.20 bits per heavy atom. The predicted octanol–water partition coefficient (Wildman–Crippen LogP) is 1.49. The molecule has 2 aromatic rings. The molecule has 0 spiro atoms. The number of para-hydroxylation sites is 1. The van der Waals surface area contributed by atoms with Gasteiger partial charge in [-0.25, -0.2) is 0 Å². The topological polar surface area (TPSA) is 65.1 Å². The SMILES string of the molecule is O=C(CCO)Nc1c[nH]c2ccccc12. The molecule has 2 rings (SSSR count).